The number of hydrogen-bond acceptors (Lipinski definition) is 4. The van der Waals surface area contributed by atoms with Gasteiger partial charge in [0.05, 0.1) is 17.8 Å². The average Bonchev–Trinajstić information content (AvgIpc) is 2.53. The standard InChI is InChI=1S/C17H17ClN2O3/c1-3-23-15-9-12(8-14(18)16(15)21)10-19-20-17(22)13-6-4-11(2)5-7-13/h4-10,21H,3H2,1-2H3,(H,20,22)/b19-10-. The summed E-state index contributed by atoms with van der Waals surface area (Å²) in [5.41, 5.74) is 4.63. The maximum atomic E-state index is 11.9. The van der Waals surface area contributed by atoms with Crippen molar-refractivity contribution in [3.63, 3.8) is 0 Å². The largest absolute Gasteiger partial charge is 0.503 e. The van der Waals surface area contributed by atoms with Crippen LogP contribution in [0.15, 0.2) is 41.5 Å². The fraction of sp³-hybridized carbons (Fsp3) is 0.176. The Bertz CT molecular complexity index is 727. The van der Waals surface area contributed by atoms with Gasteiger partial charge in [-0.15, -0.1) is 0 Å². The van der Waals surface area contributed by atoms with Gasteiger partial charge >= 0.3 is 0 Å². The van der Waals surface area contributed by atoms with E-state index in [-0.39, 0.29) is 22.4 Å². The number of ether oxygens (including phenoxy) is 1. The van der Waals surface area contributed by atoms with Crippen LogP contribution < -0.4 is 10.2 Å². The van der Waals surface area contributed by atoms with Crippen LogP contribution in [0.2, 0.25) is 5.02 Å². The van der Waals surface area contributed by atoms with E-state index in [9.17, 15) is 9.90 Å². The molecule has 0 aliphatic carbocycles. The molecular weight excluding hydrogens is 316 g/mol. The molecule has 0 bridgehead atoms. The van der Waals surface area contributed by atoms with Gasteiger partial charge in [0.2, 0.25) is 0 Å². The first kappa shape index (κ1) is 16.8. The second-order valence-electron chi connectivity index (χ2n) is 4.85. The highest BCUT2D eigenvalue weighted by atomic mass is 35.5. The summed E-state index contributed by atoms with van der Waals surface area (Å²) < 4.78 is 5.28. The second-order valence-corrected chi connectivity index (χ2v) is 5.25. The minimum Gasteiger partial charge on any atom is -0.503 e. The highest BCUT2D eigenvalue weighted by Crippen LogP contribution is 2.34. The number of rotatable bonds is 5. The minimum atomic E-state index is -0.309. The number of benzene rings is 2. The first-order valence-electron chi connectivity index (χ1n) is 7.06. The highest BCUT2D eigenvalue weighted by molar-refractivity contribution is 6.32. The van der Waals surface area contributed by atoms with Gasteiger partial charge in [0.25, 0.3) is 5.91 Å². The Morgan fingerprint density at radius 2 is 2.04 bits per heavy atom. The van der Waals surface area contributed by atoms with E-state index < -0.39 is 0 Å². The van der Waals surface area contributed by atoms with E-state index in [4.69, 9.17) is 16.3 Å². The molecule has 120 valence electrons. The first-order chi connectivity index (χ1) is 11.0. The molecule has 0 unspecified atom stereocenters. The van der Waals surface area contributed by atoms with Crippen molar-refractivity contribution in [1.82, 2.24) is 5.43 Å². The Hall–Kier alpha value is -2.53. The van der Waals surface area contributed by atoms with E-state index in [1.54, 1.807) is 25.1 Å². The lowest BCUT2D eigenvalue weighted by molar-refractivity contribution is 0.0955. The van der Waals surface area contributed by atoms with Crippen LogP contribution in [0, 0.1) is 6.92 Å². The third kappa shape index (κ3) is 4.47. The SMILES string of the molecule is CCOc1cc(/C=N\NC(=O)c2ccc(C)cc2)cc(Cl)c1O. The van der Waals surface area contributed by atoms with Crippen molar-refractivity contribution >= 4 is 23.7 Å². The van der Waals surface area contributed by atoms with Crippen molar-refractivity contribution in [2.45, 2.75) is 13.8 Å². The van der Waals surface area contributed by atoms with Crippen LogP contribution in [0.5, 0.6) is 11.5 Å². The van der Waals surface area contributed by atoms with Gasteiger partial charge in [0, 0.05) is 5.56 Å². The fourth-order valence-corrected chi connectivity index (χ4v) is 2.09. The lowest BCUT2D eigenvalue weighted by atomic mass is 10.1. The zero-order chi connectivity index (χ0) is 16.8. The summed E-state index contributed by atoms with van der Waals surface area (Å²) in [5.74, 6) is -0.156. The third-order valence-corrected chi connectivity index (χ3v) is 3.33. The van der Waals surface area contributed by atoms with E-state index in [2.05, 4.69) is 10.5 Å². The van der Waals surface area contributed by atoms with Crippen molar-refractivity contribution in [2.75, 3.05) is 6.61 Å². The second kappa shape index (κ2) is 7.65. The number of hydrazone groups is 1. The van der Waals surface area contributed by atoms with Crippen molar-refractivity contribution in [2.24, 2.45) is 5.10 Å². The fourth-order valence-electron chi connectivity index (χ4n) is 1.87. The summed E-state index contributed by atoms with van der Waals surface area (Å²) in [6.45, 7) is 4.15. The van der Waals surface area contributed by atoms with E-state index in [1.807, 2.05) is 19.1 Å². The number of phenolic OH excluding ortho intramolecular Hbond substituents is 1. The van der Waals surface area contributed by atoms with Gasteiger partial charge in [0.1, 0.15) is 0 Å². The molecule has 6 heteroatoms. The number of amides is 1. The lowest BCUT2D eigenvalue weighted by Gasteiger charge is -2.08. The van der Waals surface area contributed by atoms with Crippen LogP contribution in [0.1, 0.15) is 28.4 Å². The number of nitrogens with one attached hydrogen (secondary N) is 1. The Kier molecular flexibility index (Phi) is 5.60. The van der Waals surface area contributed by atoms with E-state index in [0.717, 1.165) is 5.56 Å². The maximum Gasteiger partial charge on any atom is 0.271 e. The summed E-state index contributed by atoms with van der Waals surface area (Å²) in [6, 6.07) is 10.3. The monoisotopic (exact) mass is 332 g/mol. The Morgan fingerprint density at radius 3 is 2.70 bits per heavy atom. The maximum absolute atomic E-state index is 11.9. The number of halogens is 1. The van der Waals surface area contributed by atoms with Gasteiger partial charge < -0.3 is 9.84 Å². The minimum absolute atomic E-state index is 0.116. The quantitative estimate of drug-likeness (QED) is 0.650. The summed E-state index contributed by atoms with van der Waals surface area (Å²) in [4.78, 5) is 11.9. The normalized spacial score (nSPS) is 10.7. The number of phenols is 1. The number of carbonyl (C=O) groups excluding carboxylic acids is 1. The van der Waals surface area contributed by atoms with Crippen LogP contribution in [0.4, 0.5) is 0 Å². The zero-order valence-corrected chi connectivity index (χ0v) is 13.6. The smallest absolute Gasteiger partial charge is 0.271 e. The molecule has 0 spiro atoms. The van der Waals surface area contributed by atoms with Crippen LogP contribution >= 0.6 is 11.6 Å². The van der Waals surface area contributed by atoms with Gasteiger partial charge in [-0.05, 0) is 43.7 Å². The molecule has 0 aliphatic rings. The van der Waals surface area contributed by atoms with E-state index >= 15 is 0 Å². The van der Waals surface area contributed by atoms with Crippen LogP contribution in [-0.2, 0) is 0 Å². The molecule has 0 fully saturated rings. The topological polar surface area (TPSA) is 70.9 Å². The molecule has 2 aromatic rings. The summed E-state index contributed by atoms with van der Waals surface area (Å²) in [6.07, 6.45) is 1.43. The predicted octanol–water partition coefficient (Wildman–Crippen LogP) is 3.52. The third-order valence-electron chi connectivity index (χ3n) is 3.04. The molecular formula is C17H17ClN2O3. The molecule has 0 saturated carbocycles. The molecule has 1 amide bonds. The molecule has 5 nitrogen and oxygen atoms in total. The highest BCUT2D eigenvalue weighted by Gasteiger charge is 2.09. The van der Waals surface area contributed by atoms with E-state index in [0.29, 0.717) is 17.7 Å². The number of nitrogens with zero attached hydrogens (tertiary/aromatic N) is 1. The molecule has 2 rings (SSSR count). The van der Waals surface area contributed by atoms with Crippen molar-refractivity contribution in [1.29, 1.82) is 0 Å². The molecule has 2 aromatic carbocycles. The van der Waals surface area contributed by atoms with Crippen molar-refractivity contribution < 1.29 is 14.6 Å². The number of aryl methyl sites for hydroxylation is 1. The van der Waals surface area contributed by atoms with Gasteiger partial charge in [0.15, 0.2) is 11.5 Å². The van der Waals surface area contributed by atoms with E-state index in [1.165, 1.54) is 12.3 Å². The molecule has 0 heterocycles. The lowest BCUT2D eigenvalue weighted by Crippen LogP contribution is -2.17. The summed E-state index contributed by atoms with van der Waals surface area (Å²) >= 11 is 5.93. The van der Waals surface area contributed by atoms with Gasteiger partial charge in [-0.3, -0.25) is 4.79 Å². The van der Waals surface area contributed by atoms with Gasteiger partial charge in [-0.1, -0.05) is 29.3 Å². The molecule has 0 atom stereocenters. The molecule has 2 N–H and O–H groups in total. The molecule has 0 aromatic heterocycles. The molecule has 0 aliphatic heterocycles. The summed E-state index contributed by atoms with van der Waals surface area (Å²) in [5, 5.41) is 13.8. The van der Waals surface area contributed by atoms with Crippen LogP contribution in [0.25, 0.3) is 0 Å². The average molecular weight is 333 g/mol. The zero-order valence-electron chi connectivity index (χ0n) is 12.8. The van der Waals surface area contributed by atoms with Gasteiger partial charge in [-0.25, -0.2) is 5.43 Å². The number of aromatic hydroxyl groups is 1. The molecule has 0 radical (unpaired) electrons. The summed E-state index contributed by atoms with van der Waals surface area (Å²) in [7, 11) is 0. The van der Waals surface area contributed by atoms with Crippen LogP contribution in [-0.4, -0.2) is 23.8 Å². The Morgan fingerprint density at radius 1 is 1.35 bits per heavy atom. The van der Waals surface area contributed by atoms with Gasteiger partial charge in [-0.2, -0.15) is 5.10 Å². The first-order valence-corrected chi connectivity index (χ1v) is 7.44. The van der Waals surface area contributed by atoms with Crippen molar-refractivity contribution in [3.05, 3.63) is 58.1 Å². The predicted molar refractivity (Wildman–Crippen MR) is 90.5 cm³/mol. The Balaban J connectivity index is 2.08. The van der Waals surface area contributed by atoms with Crippen molar-refractivity contribution in [3.8, 4) is 11.5 Å². The molecule has 0 saturated heterocycles. The van der Waals surface area contributed by atoms with Crippen LogP contribution in [0.3, 0.4) is 0 Å². The number of carbonyl (C=O) groups is 1. The molecule has 23 heavy (non-hydrogen) atoms. The Labute approximate surface area is 139 Å². The number of hydrogen-bond donors (Lipinski definition) is 2.